The summed E-state index contributed by atoms with van der Waals surface area (Å²) in [4.78, 5) is 18.5. The van der Waals surface area contributed by atoms with Crippen molar-refractivity contribution >= 4 is 22.7 Å². The van der Waals surface area contributed by atoms with E-state index >= 15 is 0 Å². The van der Waals surface area contributed by atoms with Gasteiger partial charge in [0, 0.05) is 24.9 Å². The summed E-state index contributed by atoms with van der Waals surface area (Å²) in [6, 6.07) is 6.54. The average Bonchev–Trinajstić information content (AvgIpc) is 2.63. The number of carbonyl (C=O) groups is 1. The standard InChI is InChI=1S/C19H27N3O4/c1-3-21(11-13-23)10-4-5-12-22(2,19(25)26)18-8-9-20-17-14-15(24)6-7-16(17)18/h6-9,14,23H,3-5,10-13H2,1-2H3,(H-,20,24,25,26)/p+1. The highest BCUT2D eigenvalue weighted by atomic mass is 16.4. The van der Waals surface area contributed by atoms with Crippen LogP contribution in [0.1, 0.15) is 19.8 Å². The summed E-state index contributed by atoms with van der Waals surface area (Å²) >= 11 is 0. The SMILES string of the molecule is CCN(CCO)CCCC[N+](C)(C(=O)O)c1ccnc2cc(O)ccc12. The van der Waals surface area contributed by atoms with Crippen LogP contribution in [-0.2, 0) is 0 Å². The summed E-state index contributed by atoms with van der Waals surface area (Å²) in [5, 5.41) is 29.3. The third-order valence-electron chi connectivity index (χ3n) is 4.85. The first-order valence-corrected chi connectivity index (χ1v) is 8.93. The van der Waals surface area contributed by atoms with Crippen molar-refractivity contribution in [3.05, 3.63) is 30.5 Å². The molecule has 7 heteroatoms. The number of fused-ring (bicyclic) bond motifs is 1. The molecule has 0 radical (unpaired) electrons. The largest absolute Gasteiger partial charge is 0.518 e. The van der Waals surface area contributed by atoms with E-state index in [0.717, 1.165) is 31.3 Å². The number of aliphatic hydroxyl groups is 1. The number of hydrogen-bond acceptors (Lipinski definition) is 5. The van der Waals surface area contributed by atoms with Crippen molar-refractivity contribution in [1.82, 2.24) is 14.4 Å². The normalized spacial score (nSPS) is 13.8. The zero-order chi connectivity index (χ0) is 19.2. The molecule has 0 aliphatic heterocycles. The minimum Gasteiger partial charge on any atom is -0.508 e. The molecule has 1 atom stereocenters. The van der Waals surface area contributed by atoms with Gasteiger partial charge in [-0.15, -0.1) is 0 Å². The van der Waals surface area contributed by atoms with E-state index in [2.05, 4.69) is 9.88 Å². The molecular weight excluding hydrogens is 334 g/mol. The molecule has 0 aliphatic carbocycles. The molecule has 0 saturated heterocycles. The predicted octanol–water partition coefficient (Wildman–Crippen LogP) is 2.65. The fraction of sp³-hybridized carbons (Fsp3) is 0.474. The minimum absolute atomic E-state index is 0.107. The number of rotatable bonds is 9. The van der Waals surface area contributed by atoms with Gasteiger partial charge in [0.2, 0.25) is 0 Å². The number of likely N-dealkylation sites (N-methyl/N-ethyl adjacent to an activating group) is 1. The van der Waals surface area contributed by atoms with E-state index in [-0.39, 0.29) is 16.8 Å². The van der Waals surface area contributed by atoms with Gasteiger partial charge in [-0.1, -0.05) is 6.92 Å². The van der Waals surface area contributed by atoms with Crippen LogP contribution in [0.4, 0.5) is 10.5 Å². The van der Waals surface area contributed by atoms with Crippen LogP contribution in [0.2, 0.25) is 0 Å². The predicted molar refractivity (Wildman–Crippen MR) is 102 cm³/mol. The van der Waals surface area contributed by atoms with Gasteiger partial charge in [0.1, 0.15) is 5.75 Å². The molecule has 0 aliphatic rings. The second-order valence-electron chi connectivity index (χ2n) is 6.59. The van der Waals surface area contributed by atoms with Crippen LogP contribution in [0.25, 0.3) is 10.9 Å². The number of hydrogen-bond donors (Lipinski definition) is 3. The average molecular weight is 362 g/mol. The summed E-state index contributed by atoms with van der Waals surface area (Å²) in [6.45, 7) is 4.97. The fourth-order valence-corrected chi connectivity index (χ4v) is 3.20. The van der Waals surface area contributed by atoms with E-state index in [4.69, 9.17) is 5.11 Å². The van der Waals surface area contributed by atoms with Gasteiger partial charge in [-0.25, -0.2) is 0 Å². The highest BCUT2D eigenvalue weighted by molar-refractivity contribution is 5.96. The highest BCUT2D eigenvalue weighted by Crippen LogP contribution is 2.32. The van der Waals surface area contributed by atoms with Gasteiger partial charge in [0.15, 0.2) is 5.69 Å². The summed E-state index contributed by atoms with van der Waals surface area (Å²) < 4.78 is -0.240. The Morgan fingerprint density at radius 2 is 2.00 bits per heavy atom. The molecule has 0 bridgehead atoms. The number of nitrogens with zero attached hydrogens (tertiary/aromatic N) is 3. The maximum atomic E-state index is 12.1. The van der Waals surface area contributed by atoms with E-state index < -0.39 is 6.09 Å². The van der Waals surface area contributed by atoms with Crippen molar-refractivity contribution in [2.45, 2.75) is 19.8 Å². The minimum atomic E-state index is -0.923. The monoisotopic (exact) mass is 362 g/mol. The lowest BCUT2D eigenvalue weighted by Gasteiger charge is -2.29. The number of unbranched alkanes of at least 4 members (excludes halogenated alkanes) is 1. The Kier molecular flexibility index (Phi) is 6.90. The maximum absolute atomic E-state index is 12.1. The van der Waals surface area contributed by atoms with Crippen LogP contribution in [0, 0.1) is 0 Å². The van der Waals surface area contributed by atoms with E-state index in [1.54, 1.807) is 37.5 Å². The molecule has 1 amide bonds. The maximum Gasteiger partial charge on any atom is 0.518 e. The molecule has 2 aromatic rings. The first-order valence-electron chi connectivity index (χ1n) is 8.93. The Morgan fingerprint density at radius 3 is 2.65 bits per heavy atom. The topological polar surface area (TPSA) is 93.9 Å². The Bertz CT molecular complexity index is 753. The zero-order valence-corrected chi connectivity index (χ0v) is 15.4. The van der Waals surface area contributed by atoms with Crippen molar-refractivity contribution < 1.29 is 20.1 Å². The first kappa shape index (κ1) is 20.1. The number of aliphatic hydroxyl groups excluding tert-OH is 1. The van der Waals surface area contributed by atoms with E-state index in [1.807, 2.05) is 6.92 Å². The van der Waals surface area contributed by atoms with Crippen molar-refractivity contribution in [2.24, 2.45) is 0 Å². The summed E-state index contributed by atoms with van der Waals surface area (Å²) in [5.74, 6) is 0.107. The van der Waals surface area contributed by atoms with Gasteiger partial charge < -0.3 is 20.2 Å². The molecule has 0 fully saturated rings. The number of phenols is 1. The second-order valence-corrected chi connectivity index (χ2v) is 6.59. The molecule has 7 nitrogen and oxygen atoms in total. The van der Waals surface area contributed by atoms with Crippen LogP contribution in [0.3, 0.4) is 0 Å². The van der Waals surface area contributed by atoms with E-state index in [1.165, 1.54) is 0 Å². The number of phenolic OH excluding ortho intramolecular Hbond substituents is 1. The van der Waals surface area contributed by atoms with Crippen molar-refractivity contribution in [3.63, 3.8) is 0 Å². The van der Waals surface area contributed by atoms with Gasteiger partial charge in [-0.2, -0.15) is 9.28 Å². The molecule has 2 rings (SSSR count). The lowest BCUT2D eigenvalue weighted by molar-refractivity contribution is 0.154. The molecule has 3 N–H and O–H groups in total. The quantitative estimate of drug-likeness (QED) is 0.469. The van der Waals surface area contributed by atoms with Gasteiger partial charge in [0.05, 0.1) is 31.1 Å². The number of pyridine rings is 1. The van der Waals surface area contributed by atoms with Crippen LogP contribution >= 0.6 is 0 Å². The molecule has 142 valence electrons. The number of carboxylic acid groups (broad SMARTS) is 1. The Balaban J connectivity index is 2.18. The first-order chi connectivity index (χ1) is 12.4. The highest BCUT2D eigenvalue weighted by Gasteiger charge is 2.35. The van der Waals surface area contributed by atoms with Crippen LogP contribution in [0.15, 0.2) is 30.5 Å². The van der Waals surface area contributed by atoms with Crippen LogP contribution in [-0.4, -0.2) is 71.1 Å². The lowest BCUT2D eigenvalue weighted by atomic mass is 10.1. The van der Waals surface area contributed by atoms with Crippen molar-refractivity contribution in [2.75, 3.05) is 39.8 Å². The molecule has 1 unspecified atom stereocenters. The van der Waals surface area contributed by atoms with Gasteiger partial charge in [0.25, 0.3) is 0 Å². The smallest absolute Gasteiger partial charge is 0.508 e. The van der Waals surface area contributed by atoms with Crippen LogP contribution in [0.5, 0.6) is 5.75 Å². The fourth-order valence-electron chi connectivity index (χ4n) is 3.20. The summed E-state index contributed by atoms with van der Waals surface area (Å²) in [5.41, 5.74) is 1.23. The molecule has 0 saturated carbocycles. The molecule has 0 spiro atoms. The number of aromatic hydroxyl groups is 1. The number of benzene rings is 1. The van der Waals surface area contributed by atoms with Gasteiger partial charge in [-0.05, 0) is 38.1 Å². The Morgan fingerprint density at radius 1 is 1.23 bits per heavy atom. The molecular formula is C19H28N3O4+. The summed E-state index contributed by atoms with van der Waals surface area (Å²) in [7, 11) is 1.69. The Hall–Kier alpha value is -2.22. The number of quaternary nitrogens is 1. The van der Waals surface area contributed by atoms with Gasteiger partial charge >= 0.3 is 6.09 Å². The van der Waals surface area contributed by atoms with Gasteiger partial charge in [-0.3, -0.25) is 4.98 Å². The lowest BCUT2D eigenvalue weighted by Crippen LogP contribution is -2.50. The van der Waals surface area contributed by atoms with Crippen LogP contribution < -0.4 is 4.48 Å². The number of aromatic nitrogens is 1. The van der Waals surface area contributed by atoms with E-state index in [9.17, 15) is 15.0 Å². The second kappa shape index (κ2) is 8.93. The Labute approximate surface area is 153 Å². The summed E-state index contributed by atoms with van der Waals surface area (Å²) in [6.07, 6.45) is 2.26. The number of amides is 1. The van der Waals surface area contributed by atoms with Crippen molar-refractivity contribution in [1.29, 1.82) is 0 Å². The molecule has 1 aromatic heterocycles. The molecule has 1 heterocycles. The third kappa shape index (κ3) is 4.49. The third-order valence-corrected chi connectivity index (χ3v) is 4.85. The molecule has 26 heavy (non-hydrogen) atoms. The van der Waals surface area contributed by atoms with E-state index in [0.29, 0.717) is 24.3 Å². The zero-order valence-electron chi connectivity index (χ0n) is 15.4. The molecule has 1 aromatic carbocycles. The van der Waals surface area contributed by atoms with Crippen molar-refractivity contribution in [3.8, 4) is 5.75 Å².